The van der Waals surface area contributed by atoms with Crippen molar-refractivity contribution >= 4 is 38.1 Å². The Morgan fingerprint density at radius 3 is 2.26 bits per heavy atom. The number of sulfonamides is 1. The maximum absolute atomic E-state index is 13.0. The standard InChI is InChI=1S/C30H28BrN3O4S/c1-22-7-17-28(18-8-22)39(36,37)34-29(25-5-3-2-4-6-25)19-30(35)33-32-20-23-11-15-27(16-12-23)38-21-24-9-13-26(31)14-10-24/h2-18,20,29,34H,19,21H2,1H3,(H,33,35)/b32-20-/t29-/m1/s1. The minimum absolute atomic E-state index is 0.130. The lowest BCUT2D eigenvalue weighted by Crippen LogP contribution is -2.32. The van der Waals surface area contributed by atoms with E-state index in [1.807, 2.05) is 61.5 Å². The van der Waals surface area contributed by atoms with Gasteiger partial charge in [-0.3, -0.25) is 4.79 Å². The van der Waals surface area contributed by atoms with Crippen LogP contribution in [0.4, 0.5) is 0 Å². The molecule has 0 aliphatic rings. The van der Waals surface area contributed by atoms with Gasteiger partial charge in [-0.25, -0.2) is 18.6 Å². The summed E-state index contributed by atoms with van der Waals surface area (Å²) in [7, 11) is -3.84. The number of hydrazone groups is 1. The maximum atomic E-state index is 13.0. The Bertz CT molecular complexity index is 1510. The number of hydrogen-bond acceptors (Lipinski definition) is 5. The summed E-state index contributed by atoms with van der Waals surface area (Å²) in [4.78, 5) is 12.8. The van der Waals surface area contributed by atoms with E-state index in [0.717, 1.165) is 21.2 Å². The Kier molecular flexibility index (Phi) is 9.64. The molecule has 4 rings (SSSR count). The number of aryl methyl sites for hydroxylation is 1. The minimum atomic E-state index is -3.84. The van der Waals surface area contributed by atoms with Crippen LogP contribution < -0.4 is 14.9 Å². The minimum Gasteiger partial charge on any atom is -0.489 e. The number of nitrogens with one attached hydrogen (secondary N) is 2. The van der Waals surface area contributed by atoms with Crippen LogP contribution in [0.25, 0.3) is 0 Å². The summed E-state index contributed by atoms with van der Waals surface area (Å²) in [6, 6.07) is 30.0. The van der Waals surface area contributed by atoms with E-state index >= 15 is 0 Å². The van der Waals surface area contributed by atoms with Crippen LogP contribution in [0.1, 0.15) is 34.7 Å². The first-order valence-corrected chi connectivity index (χ1v) is 14.5. The number of benzene rings is 4. The Morgan fingerprint density at radius 1 is 0.923 bits per heavy atom. The number of carbonyl (C=O) groups excluding carboxylic acids is 1. The van der Waals surface area contributed by atoms with Crippen LogP contribution >= 0.6 is 15.9 Å². The quantitative estimate of drug-likeness (QED) is 0.164. The molecule has 7 nitrogen and oxygen atoms in total. The van der Waals surface area contributed by atoms with E-state index in [1.54, 1.807) is 48.5 Å². The fourth-order valence-corrected chi connectivity index (χ4v) is 5.18. The summed E-state index contributed by atoms with van der Waals surface area (Å²) < 4.78 is 35.5. The molecule has 0 fully saturated rings. The molecule has 0 unspecified atom stereocenters. The number of amides is 1. The first-order chi connectivity index (χ1) is 18.8. The molecule has 0 saturated carbocycles. The highest BCUT2D eigenvalue weighted by atomic mass is 79.9. The van der Waals surface area contributed by atoms with Crippen molar-refractivity contribution < 1.29 is 17.9 Å². The Hall–Kier alpha value is -3.79. The Morgan fingerprint density at radius 2 is 1.59 bits per heavy atom. The van der Waals surface area contributed by atoms with Gasteiger partial charge in [0.15, 0.2) is 0 Å². The van der Waals surface area contributed by atoms with Crippen LogP contribution in [0.5, 0.6) is 5.75 Å². The third-order valence-electron chi connectivity index (χ3n) is 5.82. The molecule has 0 heterocycles. The van der Waals surface area contributed by atoms with Gasteiger partial charge < -0.3 is 4.74 Å². The molecule has 0 spiro atoms. The highest BCUT2D eigenvalue weighted by molar-refractivity contribution is 9.10. The van der Waals surface area contributed by atoms with Gasteiger partial charge in [-0.1, -0.05) is 76.1 Å². The largest absolute Gasteiger partial charge is 0.489 e. The molecule has 0 radical (unpaired) electrons. The van der Waals surface area contributed by atoms with Crippen molar-refractivity contribution in [2.45, 2.75) is 30.9 Å². The van der Waals surface area contributed by atoms with Crippen LogP contribution in [-0.2, 0) is 21.4 Å². The highest BCUT2D eigenvalue weighted by Crippen LogP contribution is 2.21. The zero-order valence-corrected chi connectivity index (χ0v) is 23.7. The number of rotatable bonds is 11. The smallest absolute Gasteiger partial charge is 0.242 e. The van der Waals surface area contributed by atoms with E-state index in [-0.39, 0.29) is 11.3 Å². The topological polar surface area (TPSA) is 96.9 Å². The lowest BCUT2D eigenvalue weighted by atomic mass is 10.0. The summed E-state index contributed by atoms with van der Waals surface area (Å²) >= 11 is 3.42. The van der Waals surface area contributed by atoms with Crippen molar-refractivity contribution in [3.8, 4) is 5.75 Å². The number of hydrogen-bond donors (Lipinski definition) is 2. The van der Waals surface area contributed by atoms with Crippen molar-refractivity contribution in [1.82, 2.24) is 10.1 Å². The van der Waals surface area contributed by atoms with Gasteiger partial charge in [0.25, 0.3) is 0 Å². The number of halogens is 1. The number of nitrogens with zero attached hydrogens (tertiary/aromatic N) is 1. The molecule has 39 heavy (non-hydrogen) atoms. The molecule has 0 aromatic heterocycles. The lowest BCUT2D eigenvalue weighted by molar-refractivity contribution is -0.121. The van der Waals surface area contributed by atoms with Crippen molar-refractivity contribution in [2.75, 3.05) is 0 Å². The van der Waals surface area contributed by atoms with E-state index in [4.69, 9.17) is 4.74 Å². The van der Waals surface area contributed by atoms with E-state index < -0.39 is 22.0 Å². The summed E-state index contributed by atoms with van der Waals surface area (Å²) in [5.41, 5.74) is 5.94. The van der Waals surface area contributed by atoms with Crippen LogP contribution in [0, 0.1) is 6.92 Å². The molecule has 0 bridgehead atoms. The summed E-state index contributed by atoms with van der Waals surface area (Å²) in [6.45, 7) is 2.34. The predicted octanol–water partition coefficient (Wildman–Crippen LogP) is 5.90. The number of carbonyl (C=O) groups is 1. The van der Waals surface area contributed by atoms with Crippen LogP contribution in [-0.4, -0.2) is 20.5 Å². The molecule has 0 saturated heterocycles. The number of ether oxygens (including phenoxy) is 1. The molecule has 0 aliphatic heterocycles. The molecule has 0 aliphatic carbocycles. The molecule has 2 N–H and O–H groups in total. The fourth-order valence-electron chi connectivity index (χ4n) is 3.69. The maximum Gasteiger partial charge on any atom is 0.242 e. The lowest BCUT2D eigenvalue weighted by Gasteiger charge is -2.18. The van der Waals surface area contributed by atoms with E-state index in [0.29, 0.717) is 17.9 Å². The summed E-state index contributed by atoms with van der Waals surface area (Å²) in [5, 5.41) is 4.04. The second-order valence-corrected chi connectivity index (χ2v) is 11.5. The molecule has 200 valence electrons. The molecule has 1 amide bonds. The van der Waals surface area contributed by atoms with Gasteiger partial charge in [-0.15, -0.1) is 0 Å². The zero-order chi connectivity index (χ0) is 27.7. The predicted molar refractivity (Wildman–Crippen MR) is 156 cm³/mol. The van der Waals surface area contributed by atoms with Crippen molar-refractivity contribution in [3.05, 3.63) is 130 Å². The van der Waals surface area contributed by atoms with Gasteiger partial charge in [0.1, 0.15) is 12.4 Å². The Labute approximate surface area is 237 Å². The van der Waals surface area contributed by atoms with E-state index in [1.165, 1.54) is 6.21 Å². The second kappa shape index (κ2) is 13.3. The van der Waals surface area contributed by atoms with Gasteiger partial charge >= 0.3 is 0 Å². The molecule has 4 aromatic rings. The third-order valence-corrected chi connectivity index (χ3v) is 7.84. The average molecular weight is 607 g/mol. The second-order valence-electron chi connectivity index (χ2n) is 8.88. The Balaban J connectivity index is 1.34. The van der Waals surface area contributed by atoms with Crippen molar-refractivity contribution in [2.24, 2.45) is 5.10 Å². The molecule has 1 atom stereocenters. The van der Waals surface area contributed by atoms with Crippen LogP contribution in [0.2, 0.25) is 0 Å². The van der Waals surface area contributed by atoms with Crippen LogP contribution in [0.15, 0.2) is 118 Å². The van der Waals surface area contributed by atoms with Gasteiger partial charge in [0, 0.05) is 10.9 Å². The SMILES string of the molecule is Cc1ccc(S(=O)(=O)N[C@H](CC(=O)N/N=C\c2ccc(OCc3ccc(Br)cc3)cc2)c2ccccc2)cc1. The van der Waals surface area contributed by atoms with E-state index in [2.05, 4.69) is 31.2 Å². The molecular weight excluding hydrogens is 578 g/mol. The fraction of sp³-hybridized carbons (Fsp3) is 0.133. The third kappa shape index (κ3) is 8.61. The van der Waals surface area contributed by atoms with Gasteiger partial charge in [0.2, 0.25) is 15.9 Å². The van der Waals surface area contributed by atoms with Crippen LogP contribution in [0.3, 0.4) is 0 Å². The monoisotopic (exact) mass is 605 g/mol. The van der Waals surface area contributed by atoms with Crippen molar-refractivity contribution in [3.63, 3.8) is 0 Å². The molecule has 4 aromatic carbocycles. The first kappa shape index (κ1) is 28.2. The van der Waals surface area contributed by atoms with E-state index in [9.17, 15) is 13.2 Å². The van der Waals surface area contributed by atoms with Gasteiger partial charge in [0.05, 0.1) is 17.2 Å². The normalized spacial score (nSPS) is 12.3. The molecular formula is C30H28BrN3O4S. The van der Waals surface area contributed by atoms with Gasteiger partial charge in [-0.2, -0.15) is 5.10 Å². The average Bonchev–Trinajstić information content (AvgIpc) is 2.94. The summed E-state index contributed by atoms with van der Waals surface area (Å²) in [6.07, 6.45) is 1.39. The van der Waals surface area contributed by atoms with Gasteiger partial charge in [-0.05, 0) is 72.1 Å². The van der Waals surface area contributed by atoms with Crippen molar-refractivity contribution in [1.29, 1.82) is 0 Å². The summed E-state index contributed by atoms with van der Waals surface area (Å²) in [5.74, 6) is 0.284. The zero-order valence-electron chi connectivity index (χ0n) is 21.3. The highest BCUT2D eigenvalue weighted by Gasteiger charge is 2.23. The first-order valence-electron chi connectivity index (χ1n) is 12.2. The molecule has 9 heteroatoms.